The van der Waals surface area contributed by atoms with E-state index in [9.17, 15) is 9.90 Å². The highest BCUT2D eigenvalue weighted by Gasteiger charge is 2.48. The molecule has 6 nitrogen and oxygen atoms in total. The first-order chi connectivity index (χ1) is 9.01. The number of hydrogen-bond acceptors (Lipinski definition) is 4. The van der Waals surface area contributed by atoms with Crippen LogP contribution >= 0.6 is 0 Å². The molecule has 2 rings (SSSR count). The van der Waals surface area contributed by atoms with Crippen LogP contribution in [0.2, 0.25) is 0 Å². The first-order valence-electron chi connectivity index (χ1n) is 6.96. The van der Waals surface area contributed by atoms with Crippen LogP contribution in [0.15, 0.2) is 5.16 Å². The van der Waals surface area contributed by atoms with Crippen molar-refractivity contribution in [2.75, 3.05) is 13.1 Å². The van der Waals surface area contributed by atoms with E-state index in [1.54, 1.807) is 4.90 Å². The van der Waals surface area contributed by atoms with Gasteiger partial charge in [0.15, 0.2) is 5.84 Å². The van der Waals surface area contributed by atoms with E-state index in [4.69, 9.17) is 10.9 Å². The van der Waals surface area contributed by atoms with Gasteiger partial charge in [0.1, 0.15) is 5.41 Å². The summed E-state index contributed by atoms with van der Waals surface area (Å²) in [5.41, 5.74) is 4.92. The number of β-amino-alcohol motifs (C(OH)–C–C–N with tert-alkyl or cyclic N) is 1. The number of carbonyl (C=O) groups is 1. The Morgan fingerprint density at radius 3 is 2.58 bits per heavy atom. The van der Waals surface area contributed by atoms with Gasteiger partial charge in [0.25, 0.3) is 0 Å². The number of aliphatic hydroxyl groups is 1. The third-order valence-electron chi connectivity index (χ3n) is 4.67. The highest BCUT2D eigenvalue weighted by molar-refractivity contribution is 6.07. The molecule has 1 aliphatic heterocycles. The third kappa shape index (κ3) is 2.41. The van der Waals surface area contributed by atoms with E-state index < -0.39 is 11.5 Å². The number of hydrogen-bond donors (Lipinski definition) is 3. The lowest BCUT2D eigenvalue weighted by Crippen LogP contribution is -2.54. The molecule has 0 aromatic carbocycles. The van der Waals surface area contributed by atoms with Crippen LogP contribution in [0.3, 0.4) is 0 Å². The van der Waals surface area contributed by atoms with Gasteiger partial charge in [-0.1, -0.05) is 24.9 Å². The lowest BCUT2D eigenvalue weighted by Gasteiger charge is -2.39. The van der Waals surface area contributed by atoms with Gasteiger partial charge in [-0.05, 0) is 25.2 Å². The summed E-state index contributed by atoms with van der Waals surface area (Å²) in [5, 5.41) is 21.9. The van der Waals surface area contributed by atoms with Crippen molar-refractivity contribution in [3.63, 3.8) is 0 Å². The Bertz CT molecular complexity index is 377. The molecule has 1 amide bonds. The molecule has 0 spiro atoms. The monoisotopic (exact) mass is 269 g/mol. The lowest BCUT2D eigenvalue weighted by atomic mass is 9.82. The van der Waals surface area contributed by atoms with Crippen LogP contribution < -0.4 is 5.73 Å². The number of carbonyl (C=O) groups excluding carboxylic acids is 1. The van der Waals surface area contributed by atoms with E-state index in [2.05, 4.69) is 5.16 Å². The largest absolute Gasteiger partial charge is 0.409 e. The summed E-state index contributed by atoms with van der Waals surface area (Å²) in [6.45, 7) is 2.97. The first kappa shape index (κ1) is 14.1. The summed E-state index contributed by atoms with van der Waals surface area (Å²) >= 11 is 0. The number of amidine groups is 1. The number of nitrogens with two attached hydrogens (primary N) is 1. The molecule has 0 aromatic rings. The second kappa shape index (κ2) is 5.36. The van der Waals surface area contributed by atoms with Crippen LogP contribution in [0.4, 0.5) is 0 Å². The molecular formula is C13H23N3O3. The lowest BCUT2D eigenvalue weighted by molar-refractivity contribution is -0.142. The van der Waals surface area contributed by atoms with E-state index in [0.29, 0.717) is 25.9 Å². The number of rotatable bonds is 2. The number of oxime groups is 1. The highest BCUT2D eigenvalue weighted by atomic mass is 16.4. The number of nitrogens with zero attached hydrogens (tertiary/aromatic N) is 2. The van der Waals surface area contributed by atoms with Crippen molar-refractivity contribution >= 4 is 11.7 Å². The van der Waals surface area contributed by atoms with Gasteiger partial charge in [0.05, 0.1) is 6.10 Å². The normalized spacial score (nSPS) is 31.5. The Balaban J connectivity index is 2.17. The van der Waals surface area contributed by atoms with Crippen LogP contribution in [0, 0.1) is 11.3 Å². The van der Waals surface area contributed by atoms with Gasteiger partial charge >= 0.3 is 0 Å². The molecular weight excluding hydrogens is 246 g/mol. The predicted octanol–water partition coefficient (Wildman–Crippen LogP) is 0.522. The second-order valence-electron chi connectivity index (χ2n) is 5.86. The minimum Gasteiger partial charge on any atom is -0.409 e. The van der Waals surface area contributed by atoms with Crippen LogP contribution in [0.1, 0.15) is 39.0 Å². The molecule has 0 aromatic heterocycles. The van der Waals surface area contributed by atoms with Crippen LogP contribution in [0.5, 0.6) is 0 Å². The van der Waals surface area contributed by atoms with Gasteiger partial charge in [0.2, 0.25) is 5.91 Å². The Hall–Kier alpha value is -1.30. The molecule has 0 radical (unpaired) electrons. The number of piperidine rings is 1. The maximum absolute atomic E-state index is 12.7. The molecule has 2 fully saturated rings. The SMILES string of the molecule is CC1CCN(C(=O)C2(C(N)=NO)CCCC2)CC1O. The fourth-order valence-electron chi connectivity index (χ4n) is 3.19. The summed E-state index contributed by atoms with van der Waals surface area (Å²) in [6.07, 6.45) is 3.39. The quantitative estimate of drug-likeness (QED) is 0.294. The molecule has 0 bridgehead atoms. The fraction of sp³-hybridized carbons (Fsp3) is 0.846. The van der Waals surface area contributed by atoms with Crippen molar-refractivity contribution in [2.24, 2.45) is 22.2 Å². The zero-order valence-electron chi connectivity index (χ0n) is 11.4. The van der Waals surface area contributed by atoms with Crippen molar-refractivity contribution in [3.05, 3.63) is 0 Å². The maximum atomic E-state index is 12.7. The maximum Gasteiger partial charge on any atom is 0.236 e. The first-order valence-corrected chi connectivity index (χ1v) is 6.96. The summed E-state index contributed by atoms with van der Waals surface area (Å²) in [6, 6.07) is 0. The molecule has 1 heterocycles. The molecule has 1 saturated carbocycles. The van der Waals surface area contributed by atoms with E-state index in [-0.39, 0.29) is 17.7 Å². The molecule has 1 saturated heterocycles. The van der Waals surface area contributed by atoms with Gasteiger partial charge in [-0.15, -0.1) is 0 Å². The molecule has 2 aliphatic rings. The Kier molecular flexibility index (Phi) is 3.99. The summed E-state index contributed by atoms with van der Waals surface area (Å²) in [7, 11) is 0. The molecule has 19 heavy (non-hydrogen) atoms. The van der Waals surface area contributed by atoms with Crippen LogP contribution in [-0.4, -0.2) is 46.1 Å². The standard InChI is InChI=1S/C13H23N3O3/c1-9-4-7-16(8-10(9)17)12(18)13(11(14)15-19)5-2-3-6-13/h9-10,17,19H,2-8H2,1H3,(H2,14,15). The Morgan fingerprint density at radius 2 is 2.05 bits per heavy atom. The topological polar surface area (TPSA) is 99.2 Å². The van der Waals surface area contributed by atoms with Crippen LogP contribution in [-0.2, 0) is 4.79 Å². The van der Waals surface area contributed by atoms with E-state index in [0.717, 1.165) is 19.3 Å². The molecule has 2 atom stereocenters. The van der Waals surface area contributed by atoms with Crippen molar-refractivity contribution in [3.8, 4) is 0 Å². The molecule has 6 heteroatoms. The van der Waals surface area contributed by atoms with E-state index >= 15 is 0 Å². The van der Waals surface area contributed by atoms with Crippen molar-refractivity contribution in [1.82, 2.24) is 4.90 Å². The molecule has 108 valence electrons. The van der Waals surface area contributed by atoms with Gasteiger partial charge in [-0.2, -0.15) is 0 Å². The van der Waals surface area contributed by atoms with E-state index in [1.165, 1.54) is 0 Å². The average molecular weight is 269 g/mol. The van der Waals surface area contributed by atoms with Crippen molar-refractivity contribution in [1.29, 1.82) is 0 Å². The minimum absolute atomic E-state index is 0.0168. The molecule has 1 aliphatic carbocycles. The molecule has 2 unspecified atom stereocenters. The fourth-order valence-corrected chi connectivity index (χ4v) is 3.19. The second-order valence-corrected chi connectivity index (χ2v) is 5.86. The third-order valence-corrected chi connectivity index (χ3v) is 4.67. The predicted molar refractivity (Wildman–Crippen MR) is 70.7 cm³/mol. The minimum atomic E-state index is -0.852. The average Bonchev–Trinajstić information content (AvgIpc) is 2.90. The Morgan fingerprint density at radius 1 is 1.42 bits per heavy atom. The Labute approximate surface area is 113 Å². The zero-order valence-corrected chi connectivity index (χ0v) is 11.4. The highest BCUT2D eigenvalue weighted by Crippen LogP contribution is 2.40. The summed E-state index contributed by atoms with van der Waals surface area (Å²) in [5.74, 6) is 0.141. The van der Waals surface area contributed by atoms with Crippen LogP contribution in [0.25, 0.3) is 0 Å². The zero-order chi connectivity index (χ0) is 14.0. The van der Waals surface area contributed by atoms with Gasteiger partial charge in [-0.3, -0.25) is 4.79 Å². The number of amides is 1. The summed E-state index contributed by atoms with van der Waals surface area (Å²) in [4.78, 5) is 14.4. The number of likely N-dealkylation sites (tertiary alicyclic amines) is 1. The van der Waals surface area contributed by atoms with Gasteiger partial charge < -0.3 is 20.9 Å². The number of aliphatic hydroxyl groups excluding tert-OH is 1. The van der Waals surface area contributed by atoms with E-state index in [1.807, 2.05) is 6.92 Å². The summed E-state index contributed by atoms with van der Waals surface area (Å²) < 4.78 is 0. The smallest absolute Gasteiger partial charge is 0.236 e. The van der Waals surface area contributed by atoms with Crippen molar-refractivity contribution in [2.45, 2.75) is 45.1 Å². The molecule has 4 N–H and O–H groups in total. The van der Waals surface area contributed by atoms with Crippen molar-refractivity contribution < 1.29 is 15.1 Å². The van der Waals surface area contributed by atoms with Gasteiger partial charge in [-0.25, -0.2) is 0 Å². The van der Waals surface area contributed by atoms with Gasteiger partial charge in [0, 0.05) is 13.1 Å².